The number of benzene rings is 1. The average Bonchev–Trinajstić information content (AvgIpc) is 3.25. The Morgan fingerprint density at radius 1 is 1.19 bits per heavy atom. The highest BCUT2D eigenvalue weighted by molar-refractivity contribution is 7.09. The minimum Gasteiger partial charge on any atom is -0.354 e. The van der Waals surface area contributed by atoms with E-state index in [-0.39, 0.29) is 18.4 Å². The molecule has 1 aromatic carbocycles. The van der Waals surface area contributed by atoms with E-state index in [2.05, 4.69) is 10.6 Å². The van der Waals surface area contributed by atoms with Crippen LogP contribution in [0.25, 0.3) is 0 Å². The third kappa shape index (κ3) is 3.48. The molecule has 26 heavy (non-hydrogen) atoms. The highest BCUT2D eigenvalue weighted by Crippen LogP contribution is 2.32. The minimum atomic E-state index is -1.10. The van der Waals surface area contributed by atoms with Gasteiger partial charge in [0.2, 0.25) is 5.91 Å². The van der Waals surface area contributed by atoms with Crippen LogP contribution in [0.5, 0.6) is 0 Å². The number of urea groups is 1. The molecule has 2 aromatic rings. The number of nitrogens with one attached hydrogen (secondary N) is 2. The molecule has 2 heterocycles. The molecule has 4 amide bonds. The normalized spacial score (nSPS) is 19.5. The van der Waals surface area contributed by atoms with Crippen LogP contribution in [0.2, 0.25) is 0 Å². The van der Waals surface area contributed by atoms with E-state index < -0.39 is 11.6 Å². The molecule has 7 heteroatoms. The van der Waals surface area contributed by atoms with E-state index >= 15 is 0 Å². The minimum absolute atomic E-state index is 0.274. The average molecular weight is 371 g/mol. The van der Waals surface area contributed by atoms with Crippen LogP contribution in [0, 0.1) is 0 Å². The topological polar surface area (TPSA) is 78.5 Å². The molecule has 0 spiro atoms. The molecule has 1 aromatic heterocycles. The molecule has 1 atom stereocenters. The lowest BCUT2D eigenvalue weighted by atomic mass is 9.87. The molecule has 2 N–H and O–H groups in total. The first-order chi connectivity index (χ1) is 12.6. The predicted octanol–water partition coefficient (Wildman–Crippen LogP) is 2.26. The summed E-state index contributed by atoms with van der Waals surface area (Å²) in [5.41, 5.74) is -0.378. The summed E-state index contributed by atoms with van der Waals surface area (Å²) >= 11 is 1.63. The Morgan fingerprint density at radius 3 is 2.62 bits per heavy atom. The summed E-state index contributed by atoms with van der Waals surface area (Å²) < 4.78 is 0. The van der Waals surface area contributed by atoms with Crippen LogP contribution in [0.1, 0.15) is 23.8 Å². The number of thiophene rings is 1. The Morgan fingerprint density at radius 2 is 1.96 bits per heavy atom. The summed E-state index contributed by atoms with van der Waals surface area (Å²) in [5, 5.41) is 7.53. The third-order valence-corrected chi connectivity index (χ3v) is 5.48. The van der Waals surface area contributed by atoms with Gasteiger partial charge in [0.1, 0.15) is 12.1 Å². The van der Waals surface area contributed by atoms with Gasteiger partial charge in [-0.05, 0) is 29.9 Å². The molecule has 0 saturated carbocycles. The molecule has 0 bridgehead atoms. The monoisotopic (exact) mass is 371 g/mol. The number of rotatable bonds is 7. The van der Waals surface area contributed by atoms with E-state index in [1.54, 1.807) is 11.3 Å². The largest absolute Gasteiger partial charge is 0.354 e. The second kappa shape index (κ2) is 7.70. The maximum Gasteiger partial charge on any atom is 0.325 e. The van der Waals surface area contributed by atoms with Gasteiger partial charge in [0, 0.05) is 11.4 Å². The van der Waals surface area contributed by atoms with Crippen LogP contribution < -0.4 is 10.6 Å². The van der Waals surface area contributed by atoms with Gasteiger partial charge in [-0.1, -0.05) is 43.3 Å². The van der Waals surface area contributed by atoms with Crippen LogP contribution in [0.15, 0.2) is 47.8 Å². The van der Waals surface area contributed by atoms with Gasteiger partial charge in [0.15, 0.2) is 0 Å². The molecule has 0 aliphatic carbocycles. The maximum atomic E-state index is 12.9. The van der Waals surface area contributed by atoms with Crippen molar-refractivity contribution in [2.45, 2.75) is 25.3 Å². The van der Waals surface area contributed by atoms with Crippen molar-refractivity contribution in [3.05, 3.63) is 58.3 Å². The molecular formula is C19H21N3O3S. The van der Waals surface area contributed by atoms with Gasteiger partial charge in [-0.2, -0.15) is 0 Å². The van der Waals surface area contributed by atoms with E-state index in [0.717, 1.165) is 16.9 Å². The van der Waals surface area contributed by atoms with Crippen molar-refractivity contribution >= 4 is 29.2 Å². The number of amides is 4. The zero-order valence-electron chi connectivity index (χ0n) is 14.5. The lowest BCUT2D eigenvalue weighted by molar-refractivity contribution is -0.135. The van der Waals surface area contributed by atoms with E-state index in [4.69, 9.17) is 0 Å². The van der Waals surface area contributed by atoms with Crippen molar-refractivity contribution in [1.29, 1.82) is 0 Å². The third-order valence-electron chi connectivity index (χ3n) is 4.55. The Labute approximate surface area is 156 Å². The first-order valence-corrected chi connectivity index (χ1v) is 9.43. The smallest absolute Gasteiger partial charge is 0.325 e. The molecule has 136 valence electrons. The van der Waals surface area contributed by atoms with E-state index in [9.17, 15) is 14.4 Å². The van der Waals surface area contributed by atoms with Gasteiger partial charge in [-0.3, -0.25) is 14.5 Å². The molecule has 1 saturated heterocycles. The van der Waals surface area contributed by atoms with Crippen molar-refractivity contribution in [3.8, 4) is 0 Å². The lowest BCUT2D eigenvalue weighted by Crippen LogP contribution is -2.45. The number of hydrogen-bond donors (Lipinski definition) is 2. The van der Waals surface area contributed by atoms with Crippen molar-refractivity contribution in [1.82, 2.24) is 15.5 Å². The molecule has 1 aliphatic rings. The van der Waals surface area contributed by atoms with Crippen LogP contribution in [-0.4, -0.2) is 35.8 Å². The van der Waals surface area contributed by atoms with Gasteiger partial charge < -0.3 is 10.6 Å². The number of imide groups is 1. The van der Waals surface area contributed by atoms with Gasteiger partial charge in [-0.15, -0.1) is 11.3 Å². The highest BCUT2D eigenvalue weighted by Gasteiger charge is 2.51. The van der Waals surface area contributed by atoms with Crippen LogP contribution in [-0.2, 0) is 21.5 Å². The first-order valence-electron chi connectivity index (χ1n) is 8.55. The molecule has 1 unspecified atom stereocenters. The second-order valence-electron chi connectivity index (χ2n) is 6.13. The van der Waals surface area contributed by atoms with E-state index in [0.29, 0.717) is 13.0 Å². The van der Waals surface area contributed by atoms with Crippen LogP contribution >= 0.6 is 11.3 Å². The Hall–Kier alpha value is -2.67. The molecule has 0 radical (unpaired) electrons. The SMILES string of the molecule is CCC1(c2ccccc2)NC(=O)N(CC(=O)NCCc2cccs2)C1=O. The van der Waals surface area contributed by atoms with Gasteiger partial charge in [0.05, 0.1) is 0 Å². The number of carbonyl (C=O) groups excluding carboxylic acids is 3. The molecule has 3 rings (SSSR count). The Kier molecular flexibility index (Phi) is 5.37. The summed E-state index contributed by atoms with van der Waals surface area (Å²) in [4.78, 5) is 39.6. The standard InChI is InChI=1S/C19H21N3O3S/c1-2-19(14-7-4-3-5-8-14)17(24)22(18(25)21-19)13-16(23)20-11-10-15-9-6-12-26-15/h3-9,12H,2,10-11,13H2,1H3,(H,20,23)(H,21,25). The molecular weight excluding hydrogens is 350 g/mol. The first kappa shape index (κ1) is 18.1. The van der Waals surface area contributed by atoms with Gasteiger partial charge in [-0.25, -0.2) is 4.79 Å². The number of nitrogens with zero attached hydrogens (tertiary/aromatic N) is 1. The fourth-order valence-electron chi connectivity index (χ4n) is 3.11. The number of carbonyl (C=O) groups is 3. The molecule has 1 aliphatic heterocycles. The predicted molar refractivity (Wildman–Crippen MR) is 99.7 cm³/mol. The Bertz CT molecular complexity index is 792. The summed E-state index contributed by atoms with van der Waals surface area (Å²) in [6, 6.07) is 12.6. The zero-order valence-corrected chi connectivity index (χ0v) is 15.3. The van der Waals surface area contributed by atoms with Crippen LogP contribution in [0.3, 0.4) is 0 Å². The van der Waals surface area contributed by atoms with Gasteiger partial charge >= 0.3 is 6.03 Å². The lowest BCUT2D eigenvalue weighted by Gasteiger charge is -2.25. The summed E-state index contributed by atoms with van der Waals surface area (Å²) in [5.74, 6) is -0.727. The molecule has 1 fully saturated rings. The Balaban J connectivity index is 1.64. The fraction of sp³-hybridized carbons (Fsp3) is 0.316. The van der Waals surface area contributed by atoms with Crippen molar-refractivity contribution < 1.29 is 14.4 Å². The second-order valence-corrected chi connectivity index (χ2v) is 7.16. The van der Waals surface area contributed by atoms with Crippen LogP contribution in [0.4, 0.5) is 4.79 Å². The quantitative estimate of drug-likeness (QED) is 0.733. The van der Waals surface area contributed by atoms with Crippen molar-refractivity contribution in [3.63, 3.8) is 0 Å². The van der Waals surface area contributed by atoms with E-state index in [1.807, 2.05) is 54.8 Å². The zero-order chi connectivity index (χ0) is 18.6. The van der Waals surface area contributed by atoms with E-state index in [1.165, 1.54) is 4.88 Å². The summed E-state index contributed by atoms with van der Waals surface area (Å²) in [6.45, 7) is 2.04. The summed E-state index contributed by atoms with van der Waals surface area (Å²) in [6.07, 6.45) is 1.14. The number of hydrogen-bond acceptors (Lipinski definition) is 4. The van der Waals surface area contributed by atoms with Gasteiger partial charge in [0.25, 0.3) is 5.91 Å². The maximum absolute atomic E-state index is 12.9. The van der Waals surface area contributed by atoms with Crippen molar-refractivity contribution in [2.24, 2.45) is 0 Å². The highest BCUT2D eigenvalue weighted by atomic mass is 32.1. The fourth-order valence-corrected chi connectivity index (χ4v) is 3.82. The van der Waals surface area contributed by atoms with Crippen molar-refractivity contribution in [2.75, 3.05) is 13.1 Å². The molecule has 6 nitrogen and oxygen atoms in total. The summed E-state index contributed by atoms with van der Waals surface area (Å²) in [7, 11) is 0.